The minimum absolute atomic E-state index is 0.0745. The third-order valence-electron chi connectivity index (χ3n) is 5.78. The Morgan fingerprint density at radius 3 is 2.12 bits per heavy atom. The Labute approximate surface area is 255 Å². The molecule has 4 aromatic carbocycles. The highest BCUT2D eigenvalue weighted by molar-refractivity contribution is 8.00. The summed E-state index contributed by atoms with van der Waals surface area (Å²) in [5, 5.41) is 3.15. The van der Waals surface area contributed by atoms with Crippen LogP contribution < -0.4 is 20.9 Å². The normalized spacial score (nSPS) is 12.2. The quantitative estimate of drug-likeness (QED) is 0.136. The molecular weight excluding hydrogens is 625 g/mol. The van der Waals surface area contributed by atoms with Crippen molar-refractivity contribution in [3.63, 3.8) is 0 Å². The van der Waals surface area contributed by atoms with E-state index in [1.54, 1.807) is 12.1 Å². The summed E-state index contributed by atoms with van der Waals surface area (Å²) in [4.78, 5) is 23.7. The van der Waals surface area contributed by atoms with Crippen LogP contribution in [-0.4, -0.2) is 32.2 Å². The van der Waals surface area contributed by atoms with Gasteiger partial charge in [-0.15, -0.1) is 11.8 Å². The number of carbonyl (C=O) groups is 2. The summed E-state index contributed by atoms with van der Waals surface area (Å²) in [7, 11) is -4.09. The van der Waals surface area contributed by atoms with Crippen LogP contribution in [0.1, 0.15) is 16.4 Å². The van der Waals surface area contributed by atoms with Crippen molar-refractivity contribution in [1.82, 2.24) is 5.43 Å². The number of halogens is 4. The van der Waals surface area contributed by atoms with E-state index in [0.717, 1.165) is 11.1 Å². The second-order valence-corrected chi connectivity index (χ2v) is 12.2. The molecule has 0 saturated heterocycles. The van der Waals surface area contributed by atoms with Crippen LogP contribution in [-0.2, 0) is 19.6 Å². The maximum Gasteiger partial charge on any atom is 0.472 e. The van der Waals surface area contributed by atoms with E-state index in [1.807, 2.05) is 48.5 Å². The third kappa shape index (κ3) is 9.14. The van der Waals surface area contributed by atoms with Crippen molar-refractivity contribution in [2.75, 3.05) is 21.2 Å². The molecule has 1 unspecified atom stereocenters. The van der Waals surface area contributed by atoms with Gasteiger partial charge in [-0.25, -0.2) is 8.42 Å². The highest BCUT2D eigenvalue weighted by Gasteiger charge is 2.38. The van der Waals surface area contributed by atoms with E-state index >= 15 is 0 Å². The molecular formula is C29H24ClF3N4O4S2. The number of thioether (sulfide) groups is 1. The number of hydrogen-bond acceptors (Lipinski definition) is 6. The van der Waals surface area contributed by atoms with Crippen LogP contribution >= 0.6 is 23.4 Å². The number of amides is 2. The fraction of sp³-hybridized carbons (Fsp3) is 0.103. The van der Waals surface area contributed by atoms with Crippen LogP contribution in [0.4, 0.5) is 30.2 Å². The molecule has 0 aromatic heterocycles. The lowest BCUT2D eigenvalue weighted by Crippen LogP contribution is -2.40. The number of benzene rings is 4. The summed E-state index contributed by atoms with van der Waals surface area (Å²) in [6, 6.07) is 27.9. The number of carbonyl (C=O) groups excluding carboxylic acids is 2. The van der Waals surface area contributed by atoms with Crippen molar-refractivity contribution in [3.8, 4) is 0 Å². The van der Waals surface area contributed by atoms with Gasteiger partial charge in [0.25, 0.3) is 10.0 Å². The first kappa shape index (κ1) is 31.7. The van der Waals surface area contributed by atoms with Crippen LogP contribution in [0.15, 0.2) is 108 Å². The molecule has 2 amide bonds. The molecule has 0 bridgehead atoms. The van der Waals surface area contributed by atoms with Crippen molar-refractivity contribution >= 4 is 62.3 Å². The first-order chi connectivity index (χ1) is 20.4. The van der Waals surface area contributed by atoms with E-state index in [1.165, 1.54) is 59.7 Å². The van der Waals surface area contributed by atoms with Crippen molar-refractivity contribution in [2.24, 2.45) is 0 Å². The van der Waals surface area contributed by atoms with Crippen LogP contribution in [0.25, 0.3) is 0 Å². The minimum Gasteiger partial charge on any atom is -0.325 e. The highest BCUT2D eigenvalue weighted by Crippen LogP contribution is 2.36. The third-order valence-corrected chi connectivity index (χ3v) is 8.70. The first-order valence-corrected chi connectivity index (χ1v) is 15.4. The Morgan fingerprint density at radius 2 is 1.44 bits per heavy atom. The summed E-state index contributed by atoms with van der Waals surface area (Å²) in [5.74, 6) is -2.44. The molecule has 0 radical (unpaired) electrons. The number of alkyl halides is 3. The molecule has 0 aliphatic heterocycles. The van der Waals surface area contributed by atoms with Crippen molar-refractivity contribution in [1.29, 1.82) is 0 Å². The van der Waals surface area contributed by atoms with Gasteiger partial charge in [0.05, 0.1) is 21.6 Å². The van der Waals surface area contributed by atoms with E-state index in [-0.39, 0.29) is 38.9 Å². The highest BCUT2D eigenvalue weighted by atomic mass is 35.5. The Balaban J connectivity index is 1.38. The van der Waals surface area contributed by atoms with Crippen molar-refractivity contribution in [3.05, 3.63) is 119 Å². The molecule has 14 heteroatoms. The van der Waals surface area contributed by atoms with Crippen LogP contribution in [0.5, 0.6) is 0 Å². The molecule has 0 aliphatic rings. The van der Waals surface area contributed by atoms with E-state index in [4.69, 9.17) is 11.6 Å². The van der Waals surface area contributed by atoms with E-state index in [9.17, 15) is 31.2 Å². The molecule has 43 heavy (non-hydrogen) atoms. The average molecular weight is 649 g/mol. The van der Waals surface area contributed by atoms with Crippen molar-refractivity contribution in [2.45, 2.75) is 16.3 Å². The number of hydrogen-bond donors (Lipinski definition) is 4. The Bertz CT molecular complexity index is 1690. The molecule has 0 saturated carbocycles. The molecule has 4 aromatic rings. The van der Waals surface area contributed by atoms with E-state index in [2.05, 4.69) is 15.5 Å². The molecule has 0 spiro atoms. The first-order valence-electron chi connectivity index (χ1n) is 12.5. The summed E-state index contributed by atoms with van der Waals surface area (Å²) < 4.78 is 65.2. The summed E-state index contributed by atoms with van der Waals surface area (Å²) in [5.41, 5.74) is 6.00. The molecule has 8 nitrogen and oxygen atoms in total. The van der Waals surface area contributed by atoms with Crippen molar-refractivity contribution < 1.29 is 31.2 Å². The van der Waals surface area contributed by atoms with Gasteiger partial charge in [0.2, 0.25) is 5.91 Å². The summed E-state index contributed by atoms with van der Waals surface area (Å²) in [6.45, 7) is 0. The van der Waals surface area contributed by atoms with Crippen LogP contribution in [0, 0.1) is 0 Å². The molecule has 4 rings (SSSR count). The minimum atomic E-state index is -5.06. The lowest BCUT2D eigenvalue weighted by Gasteiger charge is -2.18. The maximum absolute atomic E-state index is 13.0. The topological polar surface area (TPSA) is 116 Å². The number of nitrogens with one attached hydrogen (secondary N) is 4. The lowest BCUT2D eigenvalue weighted by molar-refractivity contribution is -0.173. The Morgan fingerprint density at radius 1 is 0.791 bits per heavy atom. The second-order valence-electron chi connectivity index (χ2n) is 8.99. The zero-order valence-electron chi connectivity index (χ0n) is 22.1. The smallest absolute Gasteiger partial charge is 0.325 e. The number of anilines is 3. The zero-order chi connectivity index (χ0) is 31.0. The number of sulfonamides is 1. The van der Waals surface area contributed by atoms with Gasteiger partial charge in [-0.05, 0) is 65.7 Å². The van der Waals surface area contributed by atoms with Gasteiger partial charge in [-0.3, -0.25) is 25.2 Å². The fourth-order valence-electron chi connectivity index (χ4n) is 3.81. The van der Waals surface area contributed by atoms with Gasteiger partial charge in [-0.1, -0.05) is 60.1 Å². The standard InChI is InChI=1S/C29H24ClF3N4O4S2/c30-21-9-4-8-20(16-21)27(19-6-2-1-3-7-19)42-18-26(38)34-24-10-5-11-25(17-24)43(40,41)37-23-14-12-22(13-15-23)35-36-28(39)29(31,32)33/h1-17,27,35,37H,18H2,(H,34,38)(H,36,39). The predicted octanol–water partition coefficient (Wildman–Crippen LogP) is 6.61. The molecule has 224 valence electrons. The van der Waals surface area contributed by atoms with Gasteiger partial charge in [0.15, 0.2) is 0 Å². The number of hydrazine groups is 1. The maximum atomic E-state index is 13.0. The van der Waals surface area contributed by atoms with E-state index < -0.39 is 22.1 Å². The largest absolute Gasteiger partial charge is 0.472 e. The molecule has 0 aliphatic carbocycles. The predicted molar refractivity (Wildman–Crippen MR) is 162 cm³/mol. The lowest BCUT2D eigenvalue weighted by atomic mass is 10.0. The van der Waals surface area contributed by atoms with Crippen LogP contribution in [0.2, 0.25) is 5.02 Å². The van der Waals surface area contributed by atoms with Gasteiger partial charge >= 0.3 is 12.1 Å². The monoisotopic (exact) mass is 648 g/mol. The SMILES string of the molecule is O=C(CSC(c1ccccc1)c1cccc(Cl)c1)Nc1cccc(S(=O)(=O)Nc2ccc(NNC(=O)C(F)(F)F)cc2)c1. The van der Waals surface area contributed by atoms with Gasteiger partial charge in [-0.2, -0.15) is 13.2 Å². The fourth-order valence-corrected chi connectivity index (χ4v) is 6.20. The number of rotatable bonds is 11. The second kappa shape index (κ2) is 13.8. The van der Waals surface area contributed by atoms with E-state index in [0.29, 0.717) is 5.02 Å². The molecule has 4 N–H and O–H groups in total. The average Bonchev–Trinajstić information content (AvgIpc) is 2.97. The molecule has 0 fully saturated rings. The van der Waals surface area contributed by atoms with Gasteiger partial charge in [0, 0.05) is 16.4 Å². The molecule has 0 heterocycles. The Kier molecular flexibility index (Phi) is 10.2. The van der Waals surface area contributed by atoms with Gasteiger partial charge in [0.1, 0.15) is 0 Å². The summed E-state index contributed by atoms with van der Waals surface area (Å²) >= 11 is 7.60. The summed E-state index contributed by atoms with van der Waals surface area (Å²) in [6.07, 6.45) is -5.06. The van der Waals surface area contributed by atoms with Gasteiger partial charge < -0.3 is 5.32 Å². The Hall–Kier alpha value is -4.20. The zero-order valence-corrected chi connectivity index (χ0v) is 24.4. The molecule has 1 atom stereocenters. The van der Waals surface area contributed by atoms with Crippen LogP contribution in [0.3, 0.4) is 0 Å².